The Labute approximate surface area is 105 Å². The lowest BCUT2D eigenvalue weighted by atomic mass is 10.2. The Bertz CT molecular complexity index is 421. The number of rotatable bonds is 3. The van der Waals surface area contributed by atoms with Crippen LogP contribution in [0.25, 0.3) is 0 Å². The third-order valence-electron chi connectivity index (χ3n) is 2.96. The Hall–Kier alpha value is -1.66. The van der Waals surface area contributed by atoms with E-state index in [0.29, 0.717) is 13.1 Å². The largest absolute Gasteiger partial charge is 0.394 e. The zero-order valence-corrected chi connectivity index (χ0v) is 10.2. The molecule has 6 heteroatoms. The molecule has 1 aliphatic heterocycles. The molecule has 98 valence electrons. The molecule has 1 N–H and O–H groups in total. The van der Waals surface area contributed by atoms with Crippen LogP contribution in [0.4, 0.5) is 11.4 Å². The quantitative estimate of drug-likeness (QED) is 0.645. The van der Waals surface area contributed by atoms with E-state index in [1.165, 1.54) is 12.1 Å². The number of aliphatic hydroxyl groups excluding tert-OH is 1. The molecule has 1 aromatic rings. The van der Waals surface area contributed by atoms with Gasteiger partial charge in [0.1, 0.15) is 0 Å². The molecule has 0 spiro atoms. The van der Waals surface area contributed by atoms with Crippen LogP contribution in [0.15, 0.2) is 24.3 Å². The van der Waals surface area contributed by atoms with Gasteiger partial charge in [0.25, 0.3) is 5.69 Å². The SMILES string of the molecule is CC1CN(c2ccc([N+](=O)[O-])cc2)CC(CO)O1. The van der Waals surface area contributed by atoms with Gasteiger partial charge in [-0.15, -0.1) is 0 Å². The second kappa shape index (κ2) is 5.32. The Morgan fingerprint density at radius 2 is 2.11 bits per heavy atom. The van der Waals surface area contributed by atoms with Crippen LogP contribution >= 0.6 is 0 Å². The first-order chi connectivity index (χ1) is 8.60. The molecule has 1 fully saturated rings. The van der Waals surface area contributed by atoms with Gasteiger partial charge in [0.05, 0.1) is 23.7 Å². The average Bonchev–Trinajstić information content (AvgIpc) is 2.38. The molecule has 0 amide bonds. The molecule has 1 saturated heterocycles. The predicted octanol–water partition coefficient (Wildman–Crippen LogP) is 1.18. The van der Waals surface area contributed by atoms with Crippen molar-refractivity contribution in [1.29, 1.82) is 0 Å². The maximum Gasteiger partial charge on any atom is 0.269 e. The molecule has 1 aliphatic rings. The lowest BCUT2D eigenvalue weighted by molar-refractivity contribution is -0.384. The van der Waals surface area contributed by atoms with E-state index >= 15 is 0 Å². The van der Waals surface area contributed by atoms with Crippen molar-refractivity contribution in [3.63, 3.8) is 0 Å². The molecule has 0 radical (unpaired) electrons. The molecular formula is C12H16N2O4. The molecule has 18 heavy (non-hydrogen) atoms. The summed E-state index contributed by atoms with van der Waals surface area (Å²) in [5, 5.41) is 19.7. The molecular weight excluding hydrogens is 236 g/mol. The molecule has 1 aromatic carbocycles. The molecule has 1 heterocycles. The number of nitro benzene ring substituents is 1. The number of ether oxygens (including phenoxy) is 1. The second-order valence-corrected chi connectivity index (χ2v) is 4.43. The number of nitro groups is 1. The van der Waals surface area contributed by atoms with Gasteiger partial charge in [0, 0.05) is 30.9 Å². The van der Waals surface area contributed by atoms with E-state index in [9.17, 15) is 10.1 Å². The molecule has 0 saturated carbocycles. The van der Waals surface area contributed by atoms with Crippen LogP contribution in [0.1, 0.15) is 6.92 Å². The summed E-state index contributed by atoms with van der Waals surface area (Å²) >= 11 is 0. The Balaban J connectivity index is 2.12. The van der Waals surface area contributed by atoms with Crippen LogP contribution in [0, 0.1) is 10.1 Å². The fourth-order valence-electron chi connectivity index (χ4n) is 2.14. The van der Waals surface area contributed by atoms with E-state index in [0.717, 1.165) is 5.69 Å². The summed E-state index contributed by atoms with van der Waals surface area (Å²) in [7, 11) is 0. The van der Waals surface area contributed by atoms with Gasteiger partial charge in [0.15, 0.2) is 0 Å². The second-order valence-electron chi connectivity index (χ2n) is 4.43. The summed E-state index contributed by atoms with van der Waals surface area (Å²) in [6.07, 6.45) is -0.171. The summed E-state index contributed by atoms with van der Waals surface area (Å²) in [6, 6.07) is 6.43. The van der Waals surface area contributed by atoms with Gasteiger partial charge in [-0.2, -0.15) is 0 Å². The van der Waals surface area contributed by atoms with Crippen LogP contribution in [-0.4, -0.2) is 41.9 Å². The van der Waals surface area contributed by atoms with Crippen molar-refractivity contribution in [2.75, 3.05) is 24.6 Å². The third kappa shape index (κ3) is 2.77. The van der Waals surface area contributed by atoms with Gasteiger partial charge in [0.2, 0.25) is 0 Å². The first-order valence-corrected chi connectivity index (χ1v) is 5.86. The van der Waals surface area contributed by atoms with Crippen LogP contribution in [-0.2, 0) is 4.74 Å². The predicted molar refractivity (Wildman–Crippen MR) is 66.7 cm³/mol. The lowest BCUT2D eigenvalue weighted by Gasteiger charge is -2.37. The maximum absolute atomic E-state index is 10.6. The number of non-ortho nitro benzene ring substituents is 1. The van der Waals surface area contributed by atoms with Crippen molar-refractivity contribution in [1.82, 2.24) is 0 Å². The normalized spacial score (nSPS) is 24.0. The summed E-state index contributed by atoms with van der Waals surface area (Å²) in [5.74, 6) is 0. The molecule has 0 aromatic heterocycles. The van der Waals surface area contributed by atoms with E-state index in [2.05, 4.69) is 4.90 Å². The standard InChI is InChI=1S/C12H16N2O4/c1-9-6-13(7-12(8-15)18-9)10-2-4-11(5-3-10)14(16)17/h2-5,9,12,15H,6-8H2,1H3. The number of morpholine rings is 1. The van der Waals surface area contributed by atoms with Gasteiger partial charge in [-0.3, -0.25) is 10.1 Å². The molecule has 0 aliphatic carbocycles. The fraction of sp³-hybridized carbons (Fsp3) is 0.500. The minimum absolute atomic E-state index is 0.0200. The summed E-state index contributed by atoms with van der Waals surface area (Å²) in [4.78, 5) is 12.2. The van der Waals surface area contributed by atoms with Gasteiger partial charge < -0.3 is 14.7 Å². The van der Waals surface area contributed by atoms with Crippen molar-refractivity contribution in [2.45, 2.75) is 19.1 Å². The van der Waals surface area contributed by atoms with Crippen LogP contribution in [0.2, 0.25) is 0 Å². The highest BCUT2D eigenvalue weighted by molar-refractivity contribution is 5.51. The van der Waals surface area contributed by atoms with Crippen LogP contribution < -0.4 is 4.90 Å². The number of benzene rings is 1. The van der Waals surface area contributed by atoms with Gasteiger partial charge in [-0.1, -0.05) is 0 Å². The highest BCUT2D eigenvalue weighted by Crippen LogP contribution is 2.22. The first-order valence-electron chi connectivity index (χ1n) is 5.86. The highest BCUT2D eigenvalue weighted by Gasteiger charge is 2.25. The summed E-state index contributed by atoms with van der Waals surface area (Å²) < 4.78 is 5.55. The molecule has 2 rings (SSSR count). The van der Waals surface area contributed by atoms with Gasteiger partial charge >= 0.3 is 0 Å². The highest BCUT2D eigenvalue weighted by atomic mass is 16.6. The smallest absolute Gasteiger partial charge is 0.269 e. The number of aliphatic hydroxyl groups is 1. The minimum Gasteiger partial charge on any atom is -0.394 e. The van der Waals surface area contributed by atoms with E-state index in [-0.39, 0.29) is 24.5 Å². The zero-order chi connectivity index (χ0) is 13.1. The number of anilines is 1. The van der Waals surface area contributed by atoms with Crippen LogP contribution in [0.3, 0.4) is 0 Å². The number of hydrogen-bond acceptors (Lipinski definition) is 5. The monoisotopic (exact) mass is 252 g/mol. The fourth-order valence-corrected chi connectivity index (χ4v) is 2.14. The van der Waals surface area contributed by atoms with Crippen LogP contribution in [0.5, 0.6) is 0 Å². The zero-order valence-electron chi connectivity index (χ0n) is 10.2. The van der Waals surface area contributed by atoms with E-state index in [1.54, 1.807) is 12.1 Å². The van der Waals surface area contributed by atoms with Crippen molar-refractivity contribution in [2.24, 2.45) is 0 Å². The van der Waals surface area contributed by atoms with Crippen molar-refractivity contribution >= 4 is 11.4 Å². The Morgan fingerprint density at radius 1 is 1.44 bits per heavy atom. The lowest BCUT2D eigenvalue weighted by Crippen LogP contribution is -2.48. The van der Waals surface area contributed by atoms with Crippen molar-refractivity contribution in [3.05, 3.63) is 34.4 Å². The number of hydrogen-bond donors (Lipinski definition) is 1. The topological polar surface area (TPSA) is 75.8 Å². The molecule has 6 nitrogen and oxygen atoms in total. The Morgan fingerprint density at radius 3 is 2.67 bits per heavy atom. The molecule has 2 unspecified atom stereocenters. The van der Waals surface area contributed by atoms with E-state index in [4.69, 9.17) is 9.84 Å². The molecule has 2 atom stereocenters. The van der Waals surface area contributed by atoms with Gasteiger partial charge in [-0.25, -0.2) is 0 Å². The third-order valence-corrected chi connectivity index (χ3v) is 2.96. The Kier molecular flexibility index (Phi) is 3.78. The van der Waals surface area contributed by atoms with Crippen molar-refractivity contribution in [3.8, 4) is 0 Å². The maximum atomic E-state index is 10.6. The first kappa shape index (κ1) is 12.8. The minimum atomic E-state index is -0.414. The summed E-state index contributed by atoms with van der Waals surface area (Å²) in [5.41, 5.74) is 0.993. The van der Waals surface area contributed by atoms with E-state index < -0.39 is 4.92 Å². The summed E-state index contributed by atoms with van der Waals surface area (Å²) in [6.45, 7) is 3.24. The average molecular weight is 252 g/mol. The van der Waals surface area contributed by atoms with Crippen molar-refractivity contribution < 1.29 is 14.8 Å². The van der Waals surface area contributed by atoms with Gasteiger partial charge in [-0.05, 0) is 19.1 Å². The van der Waals surface area contributed by atoms with E-state index in [1.807, 2.05) is 6.92 Å². The number of nitrogens with zero attached hydrogens (tertiary/aromatic N) is 2. The molecule has 0 bridgehead atoms.